The van der Waals surface area contributed by atoms with Gasteiger partial charge in [0.15, 0.2) is 11.5 Å². The molecule has 1 N–H and O–H groups in total. The van der Waals surface area contributed by atoms with Crippen molar-refractivity contribution >= 4 is 23.4 Å². The minimum atomic E-state index is -0.107. The maximum Gasteiger partial charge on any atom is 0.234 e. The van der Waals surface area contributed by atoms with E-state index in [1.807, 2.05) is 10.7 Å². The molecule has 26 heavy (non-hydrogen) atoms. The van der Waals surface area contributed by atoms with E-state index in [1.54, 1.807) is 12.1 Å². The van der Waals surface area contributed by atoms with Crippen molar-refractivity contribution < 1.29 is 14.3 Å². The van der Waals surface area contributed by atoms with E-state index in [2.05, 4.69) is 20.8 Å². The number of thioether (sulfide) groups is 1. The molecule has 0 radical (unpaired) electrons. The smallest absolute Gasteiger partial charge is 0.234 e. The maximum atomic E-state index is 12.3. The fraction of sp³-hybridized carbons (Fsp3) is 0.529. The molecule has 8 nitrogen and oxygen atoms in total. The summed E-state index contributed by atoms with van der Waals surface area (Å²) in [6, 6.07) is 5.74. The van der Waals surface area contributed by atoms with E-state index in [0.29, 0.717) is 41.6 Å². The summed E-state index contributed by atoms with van der Waals surface area (Å²) in [7, 11) is 0. The molecular formula is C17H21N5O3S. The number of nitrogens with zero attached hydrogens (tertiary/aromatic N) is 4. The number of amides is 1. The van der Waals surface area contributed by atoms with Gasteiger partial charge >= 0.3 is 0 Å². The third-order valence-electron chi connectivity index (χ3n) is 4.54. The number of hydrogen-bond donors (Lipinski definition) is 1. The second-order valence-corrected chi connectivity index (χ2v) is 7.34. The van der Waals surface area contributed by atoms with E-state index in [-0.39, 0.29) is 11.7 Å². The topological polar surface area (TPSA) is 91.2 Å². The Hall–Kier alpha value is -2.29. The van der Waals surface area contributed by atoms with Crippen molar-refractivity contribution in [3.05, 3.63) is 18.2 Å². The predicted molar refractivity (Wildman–Crippen MR) is 96.7 cm³/mol. The summed E-state index contributed by atoms with van der Waals surface area (Å²) in [6.45, 7) is 1.06. The van der Waals surface area contributed by atoms with Crippen molar-refractivity contribution in [1.29, 1.82) is 0 Å². The number of carbonyl (C=O) groups excluding carboxylic acids is 1. The molecule has 1 aliphatic heterocycles. The van der Waals surface area contributed by atoms with Gasteiger partial charge in [-0.15, -0.1) is 5.10 Å². The summed E-state index contributed by atoms with van der Waals surface area (Å²) in [4.78, 5) is 12.3. The minimum absolute atomic E-state index is 0.107. The first-order valence-corrected chi connectivity index (χ1v) is 9.88. The number of anilines is 1. The Labute approximate surface area is 155 Å². The Bertz CT molecular complexity index is 776. The zero-order valence-corrected chi connectivity index (χ0v) is 15.2. The molecule has 1 aliphatic carbocycles. The number of ether oxygens (including phenoxy) is 2. The first-order valence-electron chi connectivity index (χ1n) is 8.90. The first-order chi connectivity index (χ1) is 12.8. The zero-order chi connectivity index (χ0) is 17.8. The van der Waals surface area contributed by atoms with Crippen molar-refractivity contribution in [2.45, 2.75) is 43.3 Å². The molecule has 9 heteroatoms. The number of carbonyl (C=O) groups is 1. The number of fused-ring (bicyclic) bond motifs is 1. The number of nitrogens with one attached hydrogen (secondary N) is 1. The van der Waals surface area contributed by atoms with E-state index in [9.17, 15) is 4.79 Å². The van der Waals surface area contributed by atoms with Crippen molar-refractivity contribution in [2.24, 2.45) is 0 Å². The van der Waals surface area contributed by atoms with Gasteiger partial charge in [-0.1, -0.05) is 31.0 Å². The normalized spacial score (nSPS) is 17.1. The molecule has 0 bridgehead atoms. The fourth-order valence-electron chi connectivity index (χ4n) is 3.28. The number of aromatic nitrogens is 4. The minimum Gasteiger partial charge on any atom is -0.486 e. The van der Waals surface area contributed by atoms with E-state index >= 15 is 0 Å². The highest BCUT2D eigenvalue weighted by Gasteiger charge is 2.21. The Morgan fingerprint density at radius 3 is 2.85 bits per heavy atom. The van der Waals surface area contributed by atoms with E-state index in [0.717, 1.165) is 12.8 Å². The van der Waals surface area contributed by atoms with Crippen LogP contribution in [-0.2, 0) is 4.79 Å². The second-order valence-electron chi connectivity index (χ2n) is 6.39. The molecule has 4 rings (SSSR count). The van der Waals surface area contributed by atoms with E-state index < -0.39 is 0 Å². The first kappa shape index (κ1) is 17.1. The Morgan fingerprint density at radius 1 is 1.19 bits per heavy atom. The molecule has 2 aromatic rings. The molecule has 2 heterocycles. The van der Waals surface area contributed by atoms with Crippen LogP contribution in [-0.4, -0.2) is 45.1 Å². The lowest BCUT2D eigenvalue weighted by atomic mass is 9.96. The monoisotopic (exact) mass is 375 g/mol. The molecular weight excluding hydrogens is 354 g/mol. The molecule has 0 atom stereocenters. The molecule has 0 unspecified atom stereocenters. The highest BCUT2D eigenvalue weighted by atomic mass is 32.2. The van der Waals surface area contributed by atoms with Gasteiger partial charge in [0.05, 0.1) is 11.8 Å². The quantitative estimate of drug-likeness (QED) is 0.803. The van der Waals surface area contributed by atoms with Crippen molar-refractivity contribution in [3.63, 3.8) is 0 Å². The standard InChI is InChI=1S/C17H21N5O3S/c23-16(18-12-6-7-14-15(10-12)25-9-8-24-14)11-26-17-19-20-21-22(17)13-4-2-1-3-5-13/h6-7,10,13H,1-5,8-9,11H2,(H,18,23). The van der Waals surface area contributed by atoms with Crippen LogP contribution >= 0.6 is 11.8 Å². The highest BCUT2D eigenvalue weighted by Crippen LogP contribution is 2.33. The number of benzene rings is 1. The fourth-order valence-corrected chi connectivity index (χ4v) is 4.03. The average molecular weight is 375 g/mol. The lowest BCUT2D eigenvalue weighted by Gasteiger charge is -2.21. The van der Waals surface area contributed by atoms with Crippen LogP contribution in [0.15, 0.2) is 23.4 Å². The van der Waals surface area contributed by atoms with Gasteiger partial charge in [-0.05, 0) is 35.4 Å². The van der Waals surface area contributed by atoms with Gasteiger partial charge in [0.2, 0.25) is 11.1 Å². The molecule has 1 aromatic carbocycles. The van der Waals surface area contributed by atoms with Gasteiger partial charge in [0.1, 0.15) is 13.2 Å². The summed E-state index contributed by atoms with van der Waals surface area (Å²) in [5, 5.41) is 15.6. The Balaban J connectivity index is 1.34. The predicted octanol–water partition coefficient (Wildman–Crippen LogP) is 2.68. The molecule has 0 spiro atoms. The Kier molecular flexibility index (Phi) is 5.24. The van der Waals surface area contributed by atoms with Gasteiger partial charge in [-0.3, -0.25) is 4.79 Å². The summed E-state index contributed by atoms with van der Waals surface area (Å²) in [6.07, 6.45) is 5.89. The van der Waals surface area contributed by atoms with Gasteiger partial charge in [-0.2, -0.15) is 0 Å². The summed E-state index contributed by atoms with van der Waals surface area (Å²) in [5.41, 5.74) is 0.687. The van der Waals surface area contributed by atoms with Gasteiger partial charge in [0, 0.05) is 11.8 Å². The zero-order valence-electron chi connectivity index (χ0n) is 14.4. The van der Waals surface area contributed by atoms with Crippen molar-refractivity contribution in [1.82, 2.24) is 20.2 Å². The molecule has 1 fully saturated rings. The molecule has 138 valence electrons. The third-order valence-corrected chi connectivity index (χ3v) is 5.47. The summed E-state index contributed by atoms with van der Waals surface area (Å²) in [5.74, 6) is 1.50. The highest BCUT2D eigenvalue weighted by molar-refractivity contribution is 7.99. The van der Waals surface area contributed by atoms with E-state index in [4.69, 9.17) is 9.47 Å². The largest absolute Gasteiger partial charge is 0.486 e. The lowest BCUT2D eigenvalue weighted by molar-refractivity contribution is -0.113. The molecule has 0 saturated heterocycles. The molecule has 2 aliphatic rings. The number of hydrogen-bond acceptors (Lipinski definition) is 7. The second kappa shape index (κ2) is 7.94. The SMILES string of the molecule is O=C(CSc1nnnn1C1CCCCC1)Nc1ccc2c(c1)OCCO2. The van der Waals surface area contributed by atoms with Crippen molar-refractivity contribution in [2.75, 3.05) is 24.3 Å². The van der Waals surface area contributed by atoms with Crippen LogP contribution in [0.25, 0.3) is 0 Å². The molecule has 1 aromatic heterocycles. The number of tetrazole rings is 1. The lowest BCUT2D eigenvalue weighted by Crippen LogP contribution is -2.18. The maximum absolute atomic E-state index is 12.3. The molecule has 1 saturated carbocycles. The van der Waals surface area contributed by atoms with Crippen LogP contribution < -0.4 is 14.8 Å². The van der Waals surface area contributed by atoms with Crippen molar-refractivity contribution in [3.8, 4) is 11.5 Å². The van der Waals surface area contributed by atoms with E-state index in [1.165, 1.54) is 31.0 Å². The van der Waals surface area contributed by atoms with Crippen LogP contribution in [0.1, 0.15) is 38.1 Å². The van der Waals surface area contributed by atoms with Crippen LogP contribution in [0.2, 0.25) is 0 Å². The number of rotatable bonds is 5. The average Bonchev–Trinajstić information content (AvgIpc) is 3.16. The summed E-state index contributed by atoms with van der Waals surface area (Å²) >= 11 is 1.36. The van der Waals surface area contributed by atoms with Crippen LogP contribution in [0.3, 0.4) is 0 Å². The summed E-state index contributed by atoms with van der Waals surface area (Å²) < 4.78 is 12.9. The Morgan fingerprint density at radius 2 is 2.00 bits per heavy atom. The van der Waals surface area contributed by atoms with Crippen LogP contribution in [0.4, 0.5) is 5.69 Å². The van der Waals surface area contributed by atoms with Crippen LogP contribution in [0.5, 0.6) is 11.5 Å². The third kappa shape index (κ3) is 3.92. The van der Waals surface area contributed by atoms with Gasteiger partial charge in [-0.25, -0.2) is 4.68 Å². The molecule has 1 amide bonds. The van der Waals surface area contributed by atoms with Gasteiger partial charge < -0.3 is 14.8 Å². The van der Waals surface area contributed by atoms with Crippen LogP contribution in [0, 0.1) is 0 Å². The van der Waals surface area contributed by atoms with Gasteiger partial charge in [0.25, 0.3) is 0 Å².